The van der Waals surface area contributed by atoms with Crippen molar-refractivity contribution >= 4 is 96.3 Å². The molecule has 21 nitrogen and oxygen atoms in total. The number of anilines is 2. The van der Waals surface area contributed by atoms with E-state index in [0.717, 1.165) is 91.1 Å². The normalized spacial score (nSPS) is 10.6. The van der Waals surface area contributed by atoms with Crippen LogP contribution in [0.15, 0.2) is 195 Å². The predicted octanol–water partition coefficient (Wildman–Crippen LogP) is 12.8. The first-order chi connectivity index (χ1) is 43.0. The topological polar surface area (TPSA) is 276 Å². The molecule has 0 amide bonds. The zero-order chi connectivity index (χ0) is 61.8. The Balaban J connectivity index is 0.000000162. The van der Waals surface area contributed by atoms with Gasteiger partial charge in [0.1, 0.15) is 58.2 Å². The third-order valence-electron chi connectivity index (χ3n) is 13.2. The second kappa shape index (κ2) is 32.6. The number of fused-ring (bicyclic) bond motifs is 3. The van der Waals surface area contributed by atoms with Crippen molar-refractivity contribution in [2.75, 3.05) is 59.5 Å². The van der Waals surface area contributed by atoms with E-state index in [0.29, 0.717) is 56.3 Å². The molecular formula is C64H68BrN15O6S3. The van der Waals surface area contributed by atoms with Gasteiger partial charge in [-0.3, -0.25) is 5.41 Å². The fraction of sp³-hybridized carbons (Fsp3) is 0.203. The summed E-state index contributed by atoms with van der Waals surface area (Å²) in [6.45, 7) is 1.44. The molecule has 12 aromatic rings. The van der Waals surface area contributed by atoms with E-state index >= 15 is 0 Å². The fourth-order valence-corrected chi connectivity index (χ4v) is 12.0. The Morgan fingerprint density at radius 2 is 0.966 bits per heavy atom. The minimum absolute atomic E-state index is 0. The van der Waals surface area contributed by atoms with Crippen molar-refractivity contribution in [3.05, 3.63) is 187 Å². The second-order valence-corrected chi connectivity index (χ2v) is 22.6. The van der Waals surface area contributed by atoms with E-state index in [4.69, 9.17) is 55.3 Å². The van der Waals surface area contributed by atoms with Crippen LogP contribution in [0.4, 0.5) is 11.6 Å². The maximum absolute atomic E-state index is 8.14. The number of nitrogens with two attached hydrogens (primary N) is 2. The lowest BCUT2D eigenvalue weighted by Gasteiger charge is -2.11. The summed E-state index contributed by atoms with van der Waals surface area (Å²) in [7, 11) is 9.79. The Bertz CT molecular complexity index is 4270. The van der Waals surface area contributed by atoms with Gasteiger partial charge in [0.05, 0.1) is 63.7 Å². The van der Waals surface area contributed by atoms with Crippen LogP contribution in [0.5, 0.6) is 34.5 Å². The van der Waals surface area contributed by atoms with Crippen LogP contribution in [-0.4, -0.2) is 107 Å². The minimum atomic E-state index is 0. The number of methoxy groups -OCH3 is 6. The molecule has 89 heavy (non-hydrogen) atoms. The van der Waals surface area contributed by atoms with Crippen molar-refractivity contribution < 1.29 is 28.4 Å². The number of aromatic nitrogens is 12. The number of nitrogen functional groups attached to an aromatic ring is 2. The van der Waals surface area contributed by atoms with E-state index in [1.165, 1.54) is 64.6 Å². The quantitative estimate of drug-likeness (QED) is 0.0444. The van der Waals surface area contributed by atoms with Crippen LogP contribution in [-0.2, 0) is 32.4 Å². The summed E-state index contributed by atoms with van der Waals surface area (Å²) in [6.07, 6.45) is 7.37. The molecule has 0 fully saturated rings. The summed E-state index contributed by atoms with van der Waals surface area (Å²) >= 11 is 7.71. The molecule has 0 spiro atoms. The van der Waals surface area contributed by atoms with Crippen LogP contribution in [0, 0.1) is 5.41 Å². The van der Waals surface area contributed by atoms with Gasteiger partial charge in [-0.05, 0) is 126 Å². The average molecular weight is 1320 g/mol. The van der Waals surface area contributed by atoms with Crippen molar-refractivity contribution in [3.63, 3.8) is 0 Å². The zero-order valence-electron chi connectivity index (χ0n) is 49.0. The molecule has 6 aromatic carbocycles. The molecule has 0 radical (unpaired) electrons. The summed E-state index contributed by atoms with van der Waals surface area (Å²) < 4.78 is 36.3. The van der Waals surface area contributed by atoms with Gasteiger partial charge in [-0.15, -0.1) is 0 Å². The molecule has 0 saturated heterocycles. The van der Waals surface area contributed by atoms with Gasteiger partial charge in [-0.1, -0.05) is 114 Å². The van der Waals surface area contributed by atoms with Crippen molar-refractivity contribution in [1.82, 2.24) is 59.0 Å². The second-order valence-electron chi connectivity index (χ2n) is 18.8. The smallest absolute Gasteiger partial charge is 0.183 e. The van der Waals surface area contributed by atoms with Crippen molar-refractivity contribution in [2.24, 2.45) is 0 Å². The summed E-state index contributed by atoms with van der Waals surface area (Å²) in [6, 6.07) is 47.9. The lowest BCUT2D eigenvalue weighted by Crippen LogP contribution is -2.13. The molecule has 7 N–H and O–H groups in total. The Morgan fingerprint density at radius 1 is 0.494 bits per heavy atom. The number of halogens is 1. The van der Waals surface area contributed by atoms with Crippen LogP contribution in [0.1, 0.15) is 24.1 Å². The predicted molar refractivity (Wildman–Crippen MR) is 356 cm³/mol. The third kappa shape index (κ3) is 17.3. The first kappa shape index (κ1) is 65.7. The number of ether oxygens (including phenoxy) is 6. The number of benzene rings is 6. The monoisotopic (exact) mass is 1320 g/mol. The standard InChI is InChI=1S/2C21H21N5O2S.C13H13N5O2S.C8H9Br.CH4/c1-27-15-8-9-16(28-2)17(12-15)29-21-24-18-19(22)23-13-26(20(18)25-21)11-10-14-6-4-3-5-7-14;1-27-15-8-9-16(28-2)17(12-15)29-21-25-18-19(22)23-13-24-20(18)26(21)11-10-14-6-4-3-5-7-14;1-19-7-3-4-8(20-2)9(5-7)21-13-17-10-11(14)15-6-16-12(10)18-13;9-7-6-8-4-2-1-3-5-8;/h3-9,12-13,22H,10-11H2,1-2H3,(H,24,25);3-9,12-13H,10-11H2,1-2H3,(H2,22,23,24);3-6H,1-2H3,(H3,14,15,16,17,18);1-5H,6-7H2;1H4. The molecule has 25 heteroatoms. The molecule has 12 rings (SSSR count). The van der Waals surface area contributed by atoms with E-state index in [9.17, 15) is 0 Å². The van der Waals surface area contributed by atoms with Gasteiger partial charge < -0.3 is 59.0 Å². The van der Waals surface area contributed by atoms with Gasteiger partial charge in [0.25, 0.3) is 0 Å². The number of rotatable bonds is 20. The highest BCUT2D eigenvalue weighted by molar-refractivity contribution is 9.09. The molecule has 6 heterocycles. The maximum atomic E-state index is 8.14. The van der Waals surface area contributed by atoms with Crippen LogP contribution < -0.4 is 45.4 Å². The molecule has 6 aromatic heterocycles. The number of imidazole rings is 3. The van der Waals surface area contributed by atoms with Crippen molar-refractivity contribution in [1.29, 1.82) is 5.41 Å². The minimum Gasteiger partial charge on any atom is -0.497 e. The summed E-state index contributed by atoms with van der Waals surface area (Å²) in [4.78, 5) is 43.5. The largest absolute Gasteiger partial charge is 0.497 e. The Hall–Kier alpha value is -9.30. The van der Waals surface area contributed by atoms with Gasteiger partial charge in [0.15, 0.2) is 55.1 Å². The van der Waals surface area contributed by atoms with Gasteiger partial charge in [0, 0.05) is 18.4 Å². The third-order valence-corrected chi connectivity index (χ3v) is 16.5. The van der Waals surface area contributed by atoms with Gasteiger partial charge >= 0.3 is 0 Å². The average Bonchev–Trinajstić information content (AvgIpc) is 2.00. The van der Waals surface area contributed by atoms with Crippen LogP contribution >= 0.6 is 51.2 Å². The van der Waals surface area contributed by atoms with Gasteiger partial charge in [-0.25, -0.2) is 39.9 Å². The van der Waals surface area contributed by atoms with E-state index in [-0.39, 0.29) is 12.9 Å². The molecule has 0 aliphatic rings. The Kier molecular flexibility index (Phi) is 24.1. The number of aromatic amines is 2. The number of nitrogens with zero attached hydrogens (tertiary/aromatic N) is 10. The SMILES string of the molecule is BrCCc1ccccc1.C.COc1ccc(OC)c(Sc2nc3c(N)ncnc3n2CCc2ccccc2)c1.COc1ccc(OC)c(Sc2nc3c([nH]2)c(=N)ncn3CCc2ccccc2)c1.COc1ccc(OC)c(Sc2nc3ncnc(N)c3[nH]2)c1. The van der Waals surface area contributed by atoms with Crippen molar-refractivity contribution in [2.45, 2.75) is 69.9 Å². The number of H-pyrrole nitrogens is 2. The van der Waals surface area contributed by atoms with Crippen molar-refractivity contribution in [3.8, 4) is 34.5 Å². The Morgan fingerprint density at radius 3 is 1.47 bits per heavy atom. The molecule has 0 atom stereocenters. The van der Waals surface area contributed by atoms with E-state index in [1.807, 2.05) is 102 Å². The van der Waals surface area contributed by atoms with Crippen LogP contribution in [0.3, 0.4) is 0 Å². The summed E-state index contributed by atoms with van der Waals surface area (Å²) in [5.74, 6) is 5.19. The fourth-order valence-electron chi connectivity index (χ4n) is 8.69. The molecule has 0 aliphatic heterocycles. The van der Waals surface area contributed by atoms with Gasteiger partial charge in [-0.2, -0.15) is 0 Å². The lowest BCUT2D eigenvalue weighted by atomic mass is 10.1. The number of hydrogen-bond donors (Lipinski definition) is 5. The number of aryl methyl sites for hydroxylation is 5. The number of alkyl halides is 1. The molecule has 0 saturated carbocycles. The van der Waals surface area contributed by atoms with Crippen LogP contribution in [0.2, 0.25) is 0 Å². The van der Waals surface area contributed by atoms with Gasteiger partial charge in [0.2, 0.25) is 0 Å². The first-order valence-electron chi connectivity index (χ1n) is 27.3. The lowest BCUT2D eigenvalue weighted by molar-refractivity contribution is 0.394. The molecule has 0 bridgehead atoms. The first-order valence-corrected chi connectivity index (χ1v) is 30.9. The highest BCUT2D eigenvalue weighted by Gasteiger charge is 2.19. The van der Waals surface area contributed by atoms with E-state index < -0.39 is 0 Å². The summed E-state index contributed by atoms with van der Waals surface area (Å²) in [5.41, 5.74) is 19.7. The zero-order valence-corrected chi connectivity index (χ0v) is 53.0. The molecule has 460 valence electrons. The van der Waals surface area contributed by atoms with Crippen LogP contribution in [0.25, 0.3) is 33.5 Å². The highest BCUT2D eigenvalue weighted by Crippen LogP contribution is 2.40. The molecule has 0 unspecified atom stereocenters. The van der Waals surface area contributed by atoms with E-state index in [1.54, 1.807) is 49.0 Å². The summed E-state index contributed by atoms with van der Waals surface area (Å²) in [5, 5.41) is 11.3. The molecule has 0 aliphatic carbocycles. The Labute approximate surface area is 536 Å². The maximum Gasteiger partial charge on any atom is 0.183 e. The highest BCUT2D eigenvalue weighted by atomic mass is 79.9. The van der Waals surface area contributed by atoms with E-state index in [2.05, 4.69) is 109 Å². The number of nitrogens with one attached hydrogen (secondary N) is 3. The number of hydrogen-bond acceptors (Lipinski definition) is 20. The molecular weight excluding hydrogens is 1250 g/mol.